The standard InChI is InChI=1S/C28H20N4O2/c29-17-22(28(33)30-18-20-9-3-1-4-10-20)15-23-19-32(24-12-5-2-6-13-24)31-27(23)26-16-21-11-7-8-14-25(21)34-26/h1-16,19H,18H2,(H,30,33). The van der Waals surface area contributed by atoms with Crippen molar-refractivity contribution in [3.8, 4) is 23.2 Å². The van der Waals surface area contributed by atoms with E-state index < -0.39 is 5.91 Å². The second kappa shape index (κ2) is 9.31. The molecule has 0 unspecified atom stereocenters. The lowest BCUT2D eigenvalue weighted by Gasteiger charge is -2.04. The molecule has 0 atom stereocenters. The summed E-state index contributed by atoms with van der Waals surface area (Å²) in [5.74, 6) is 0.110. The molecule has 34 heavy (non-hydrogen) atoms. The minimum absolute atomic E-state index is 0.0131. The predicted molar refractivity (Wildman–Crippen MR) is 131 cm³/mol. The summed E-state index contributed by atoms with van der Waals surface area (Å²) in [5.41, 5.74) is 3.68. The average molecular weight is 444 g/mol. The zero-order chi connectivity index (χ0) is 23.3. The number of hydrogen-bond acceptors (Lipinski definition) is 4. The van der Waals surface area contributed by atoms with Crippen molar-refractivity contribution in [3.63, 3.8) is 0 Å². The number of amides is 1. The highest BCUT2D eigenvalue weighted by Gasteiger charge is 2.18. The van der Waals surface area contributed by atoms with Crippen LogP contribution in [-0.4, -0.2) is 15.7 Å². The van der Waals surface area contributed by atoms with Gasteiger partial charge in [0.15, 0.2) is 5.76 Å². The van der Waals surface area contributed by atoms with Crippen LogP contribution in [0.5, 0.6) is 0 Å². The molecule has 0 fully saturated rings. The van der Waals surface area contributed by atoms with E-state index in [9.17, 15) is 10.1 Å². The van der Waals surface area contributed by atoms with Crippen LogP contribution in [0.25, 0.3) is 34.2 Å². The van der Waals surface area contributed by atoms with Crippen molar-refractivity contribution in [2.45, 2.75) is 6.54 Å². The Hall–Kier alpha value is -4.89. The van der Waals surface area contributed by atoms with Crippen molar-refractivity contribution in [1.29, 1.82) is 5.26 Å². The highest BCUT2D eigenvalue weighted by molar-refractivity contribution is 6.02. The Kier molecular flexibility index (Phi) is 5.74. The molecule has 0 aliphatic rings. The molecule has 0 aliphatic carbocycles. The lowest BCUT2D eigenvalue weighted by Crippen LogP contribution is -2.23. The molecule has 2 aromatic heterocycles. The quantitative estimate of drug-likeness (QED) is 0.277. The molecule has 2 heterocycles. The smallest absolute Gasteiger partial charge is 0.262 e. The lowest BCUT2D eigenvalue weighted by molar-refractivity contribution is -0.117. The molecule has 3 aromatic carbocycles. The van der Waals surface area contributed by atoms with Gasteiger partial charge >= 0.3 is 0 Å². The third-order valence-corrected chi connectivity index (χ3v) is 5.38. The van der Waals surface area contributed by atoms with Crippen LogP contribution in [0.4, 0.5) is 0 Å². The molecule has 5 aromatic rings. The Balaban J connectivity index is 1.53. The van der Waals surface area contributed by atoms with Gasteiger partial charge in [-0.1, -0.05) is 66.7 Å². The Morgan fingerprint density at radius 3 is 2.44 bits per heavy atom. The minimum Gasteiger partial charge on any atom is -0.454 e. The van der Waals surface area contributed by atoms with Gasteiger partial charge < -0.3 is 9.73 Å². The van der Waals surface area contributed by atoms with Crippen LogP contribution in [0.2, 0.25) is 0 Å². The Morgan fingerprint density at radius 1 is 1.00 bits per heavy atom. The summed E-state index contributed by atoms with van der Waals surface area (Å²) < 4.78 is 7.75. The van der Waals surface area contributed by atoms with Gasteiger partial charge in [0.25, 0.3) is 5.91 Å². The summed E-state index contributed by atoms with van der Waals surface area (Å²) >= 11 is 0. The number of rotatable bonds is 6. The first-order valence-electron chi connectivity index (χ1n) is 10.8. The van der Waals surface area contributed by atoms with E-state index in [-0.39, 0.29) is 5.57 Å². The molecule has 0 aliphatic heterocycles. The monoisotopic (exact) mass is 444 g/mol. The molecule has 6 nitrogen and oxygen atoms in total. The zero-order valence-corrected chi connectivity index (χ0v) is 18.2. The molecule has 0 saturated carbocycles. The van der Waals surface area contributed by atoms with Crippen molar-refractivity contribution in [2.24, 2.45) is 0 Å². The number of aromatic nitrogens is 2. The number of carbonyl (C=O) groups excluding carboxylic acids is 1. The van der Waals surface area contributed by atoms with E-state index in [2.05, 4.69) is 5.32 Å². The minimum atomic E-state index is -0.450. The van der Waals surface area contributed by atoms with E-state index in [1.54, 1.807) is 17.0 Å². The summed E-state index contributed by atoms with van der Waals surface area (Å²) in [5, 5.41) is 18.2. The molecule has 6 heteroatoms. The van der Waals surface area contributed by atoms with Crippen LogP contribution in [-0.2, 0) is 11.3 Å². The van der Waals surface area contributed by atoms with Gasteiger partial charge in [-0.05, 0) is 35.9 Å². The number of nitriles is 1. The predicted octanol–water partition coefficient (Wildman–Crippen LogP) is 5.51. The number of nitrogens with zero attached hydrogens (tertiary/aromatic N) is 3. The SMILES string of the molecule is N#CC(=Cc1cn(-c2ccccc2)nc1-c1cc2ccccc2o1)C(=O)NCc1ccccc1. The second-order valence-electron chi connectivity index (χ2n) is 7.70. The molecule has 5 rings (SSSR count). The first-order valence-corrected chi connectivity index (χ1v) is 10.8. The maximum absolute atomic E-state index is 12.8. The van der Waals surface area contributed by atoms with Crippen molar-refractivity contribution in [3.05, 3.63) is 114 Å². The summed E-state index contributed by atoms with van der Waals surface area (Å²) in [6.07, 6.45) is 3.34. The third-order valence-electron chi connectivity index (χ3n) is 5.38. The summed E-state index contributed by atoms with van der Waals surface area (Å²) in [6, 6.07) is 30.8. The first-order chi connectivity index (χ1) is 16.7. The van der Waals surface area contributed by atoms with Gasteiger partial charge in [-0.25, -0.2) is 4.68 Å². The fraction of sp³-hybridized carbons (Fsp3) is 0.0357. The zero-order valence-electron chi connectivity index (χ0n) is 18.2. The number of nitrogens with one attached hydrogen (secondary N) is 1. The fourth-order valence-corrected chi connectivity index (χ4v) is 3.67. The Bertz CT molecular complexity index is 1490. The summed E-state index contributed by atoms with van der Waals surface area (Å²) in [7, 11) is 0. The van der Waals surface area contributed by atoms with Crippen molar-refractivity contribution in [2.75, 3.05) is 0 Å². The molecule has 0 radical (unpaired) electrons. The van der Waals surface area contributed by atoms with E-state index in [0.717, 1.165) is 22.2 Å². The van der Waals surface area contributed by atoms with Gasteiger partial charge in [0.1, 0.15) is 22.9 Å². The number of benzene rings is 3. The van der Waals surface area contributed by atoms with Crippen LogP contribution in [0, 0.1) is 11.3 Å². The van der Waals surface area contributed by atoms with Crippen molar-refractivity contribution in [1.82, 2.24) is 15.1 Å². The fourth-order valence-electron chi connectivity index (χ4n) is 3.67. The lowest BCUT2D eigenvalue weighted by atomic mass is 10.1. The van der Waals surface area contributed by atoms with Crippen LogP contribution in [0.3, 0.4) is 0 Å². The van der Waals surface area contributed by atoms with Crippen LogP contribution in [0.1, 0.15) is 11.1 Å². The Labute approximate surface area is 196 Å². The van der Waals surface area contributed by atoms with Gasteiger partial charge in [0.05, 0.1) is 5.69 Å². The number of hydrogen-bond donors (Lipinski definition) is 1. The van der Waals surface area contributed by atoms with Gasteiger partial charge in [-0.15, -0.1) is 0 Å². The van der Waals surface area contributed by atoms with E-state index >= 15 is 0 Å². The molecule has 0 spiro atoms. The van der Waals surface area contributed by atoms with Crippen LogP contribution in [0.15, 0.2) is 107 Å². The third kappa shape index (κ3) is 4.36. The summed E-state index contributed by atoms with van der Waals surface area (Å²) in [4.78, 5) is 12.8. The molecular weight excluding hydrogens is 424 g/mol. The topological polar surface area (TPSA) is 83.8 Å². The second-order valence-corrected chi connectivity index (χ2v) is 7.70. The molecule has 164 valence electrons. The Morgan fingerprint density at radius 2 is 1.71 bits per heavy atom. The van der Waals surface area contributed by atoms with Crippen LogP contribution >= 0.6 is 0 Å². The van der Waals surface area contributed by atoms with Crippen LogP contribution < -0.4 is 5.32 Å². The van der Waals surface area contributed by atoms with Crippen molar-refractivity contribution < 1.29 is 9.21 Å². The van der Waals surface area contributed by atoms with E-state index in [1.807, 2.05) is 97.1 Å². The molecule has 1 amide bonds. The summed E-state index contributed by atoms with van der Waals surface area (Å²) in [6.45, 7) is 0.332. The molecule has 0 bridgehead atoms. The van der Waals surface area contributed by atoms with E-state index in [4.69, 9.17) is 9.52 Å². The largest absolute Gasteiger partial charge is 0.454 e. The van der Waals surface area contributed by atoms with Gasteiger partial charge in [0.2, 0.25) is 0 Å². The number of furan rings is 1. The maximum atomic E-state index is 12.8. The molecule has 0 saturated heterocycles. The number of fused-ring (bicyclic) bond motifs is 1. The van der Waals surface area contributed by atoms with Crippen molar-refractivity contribution >= 4 is 23.0 Å². The maximum Gasteiger partial charge on any atom is 0.262 e. The number of carbonyl (C=O) groups is 1. The average Bonchev–Trinajstić information content (AvgIpc) is 3.51. The van der Waals surface area contributed by atoms with E-state index in [0.29, 0.717) is 23.6 Å². The first kappa shape index (κ1) is 21.0. The highest BCUT2D eigenvalue weighted by Crippen LogP contribution is 2.31. The number of para-hydroxylation sites is 2. The van der Waals surface area contributed by atoms with E-state index in [1.165, 1.54) is 0 Å². The highest BCUT2D eigenvalue weighted by atomic mass is 16.3. The van der Waals surface area contributed by atoms with Gasteiger partial charge in [-0.2, -0.15) is 10.4 Å². The van der Waals surface area contributed by atoms with Gasteiger partial charge in [-0.3, -0.25) is 4.79 Å². The normalized spacial score (nSPS) is 11.3. The molecule has 1 N–H and O–H groups in total. The molecular formula is C28H20N4O2. The van der Waals surface area contributed by atoms with Gasteiger partial charge in [0, 0.05) is 23.7 Å².